The summed E-state index contributed by atoms with van der Waals surface area (Å²) >= 11 is 6.07. The Morgan fingerprint density at radius 3 is 1.92 bits per heavy atom. The Balaban J connectivity index is 1.49. The normalized spacial score (nSPS) is 11.5. The molecule has 4 aromatic carbocycles. The molecule has 0 radical (unpaired) electrons. The number of aryl methyl sites for hydroxylation is 1. The van der Waals surface area contributed by atoms with E-state index in [1.54, 1.807) is 42.5 Å². The molecule has 0 saturated heterocycles. The van der Waals surface area contributed by atoms with Crippen LogP contribution in [0, 0.1) is 6.92 Å². The van der Waals surface area contributed by atoms with E-state index in [9.17, 15) is 21.6 Å². The number of nitrogens with one attached hydrogen (secondary N) is 3. The Bertz CT molecular complexity index is 1660. The first-order chi connectivity index (χ1) is 17.5. The summed E-state index contributed by atoms with van der Waals surface area (Å²) in [4.78, 5) is 13.0. The van der Waals surface area contributed by atoms with Crippen molar-refractivity contribution in [1.29, 1.82) is 0 Å². The SMILES string of the molecule is Cc1ccc(NS(=O)(=O)c2ccc(NC(=O)c3ccccc3NS(=O)(=O)c3ccccc3)cc2)cc1Cl. The molecule has 8 nitrogen and oxygen atoms in total. The van der Waals surface area contributed by atoms with Gasteiger partial charge in [-0.05, 0) is 73.2 Å². The van der Waals surface area contributed by atoms with Crippen LogP contribution in [0.5, 0.6) is 0 Å². The molecule has 0 unspecified atom stereocenters. The van der Waals surface area contributed by atoms with E-state index in [2.05, 4.69) is 14.8 Å². The van der Waals surface area contributed by atoms with Crippen LogP contribution in [-0.4, -0.2) is 22.7 Å². The van der Waals surface area contributed by atoms with Crippen LogP contribution in [0.1, 0.15) is 15.9 Å². The third kappa shape index (κ3) is 6.29. The van der Waals surface area contributed by atoms with Crippen molar-refractivity contribution in [3.8, 4) is 0 Å². The number of carbonyl (C=O) groups is 1. The van der Waals surface area contributed by atoms with E-state index in [0.29, 0.717) is 16.4 Å². The Hall–Kier alpha value is -3.86. The maximum atomic E-state index is 13.0. The molecular weight excluding hydrogens is 534 g/mol. The van der Waals surface area contributed by atoms with Gasteiger partial charge in [0, 0.05) is 10.7 Å². The smallest absolute Gasteiger partial charge is 0.261 e. The fourth-order valence-corrected chi connectivity index (χ4v) is 5.69. The zero-order valence-corrected chi connectivity index (χ0v) is 21.9. The monoisotopic (exact) mass is 555 g/mol. The van der Waals surface area contributed by atoms with Crippen molar-refractivity contribution in [3.05, 3.63) is 113 Å². The van der Waals surface area contributed by atoms with Crippen molar-refractivity contribution in [3.63, 3.8) is 0 Å². The Morgan fingerprint density at radius 1 is 0.676 bits per heavy atom. The molecule has 4 aromatic rings. The highest BCUT2D eigenvalue weighted by Gasteiger charge is 2.19. The standard InChI is InChI=1S/C26H22ClN3O5S2/c1-18-11-12-20(17-24(18)27)29-36(32,33)22-15-13-19(14-16-22)28-26(31)23-9-5-6-10-25(23)30-37(34,35)21-7-3-2-4-8-21/h2-17,29-30H,1H3,(H,28,31). The molecule has 0 heterocycles. The van der Waals surface area contributed by atoms with Gasteiger partial charge in [0.2, 0.25) is 0 Å². The molecule has 4 rings (SSSR count). The van der Waals surface area contributed by atoms with E-state index in [-0.39, 0.29) is 21.0 Å². The lowest BCUT2D eigenvalue weighted by molar-refractivity contribution is 0.102. The molecule has 0 aliphatic heterocycles. The van der Waals surface area contributed by atoms with Gasteiger partial charge in [-0.15, -0.1) is 0 Å². The van der Waals surface area contributed by atoms with Crippen LogP contribution in [-0.2, 0) is 20.0 Å². The summed E-state index contributed by atoms with van der Waals surface area (Å²) in [5.41, 5.74) is 1.66. The number of benzene rings is 4. The number of rotatable bonds is 8. The first-order valence-electron chi connectivity index (χ1n) is 10.9. The highest BCUT2D eigenvalue weighted by molar-refractivity contribution is 7.93. The van der Waals surface area contributed by atoms with Gasteiger partial charge in [-0.2, -0.15) is 0 Å². The fraction of sp³-hybridized carbons (Fsp3) is 0.0385. The zero-order chi connectivity index (χ0) is 26.6. The van der Waals surface area contributed by atoms with Gasteiger partial charge >= 0.3 is 0 Å². The zero-order valence-electron chi connectivity index (χ0n) is 19.5. The minimum atomic E-state index is -3.91. The fourth-order valence-electron chi connectivity index (χ4n) is 3.36. The van der Waals surface area contributed by atoms with E-state index in [0.717, 1.165) is 5.56 Å². The molecule has 190 valence electrons. The summed E-state index contributed by atoms with van der Waals surface area (Å²) in [6.45, 7) is 1.81. The van der Waals surface area contributed by atoms with E-state index in [1.165, 1.54) is 54.6 Å². The van der Waals surface area contributed by atoms with E-state index in [1.807, 2.05) is 6.92 Å². The molecule has 0 aromatic heterocycles. The molecule has 0 fully saturated rings. The lowest BCUT2D eigenvalue weighted by atomic mass is 10.1. The number of amides is 1. The Morgan fingerprint density at radius 2 is 1.24 bits per heavy atom. The second kappa shape index (κ2) is 10.6. The van der Waals surface area contributed by atoms with Gasteiger partial charge in [-0.3, -0.25) is 14.2 Å². The lowest BCUT2D eigenvalue weighted by Crippen LogP contribution is -2.18. The Kier molecular flexibility index (Phi) is 7.53. The number of hydrogen-bond acceptors (Lipinski definition) is 5. The van der Waals surface area contributed by atoms with E-state index in [4.69, 9.17) is 11.6 Å². The van der Waals surface area contributed by atoms with Crippen molar-refractivity contribution >= 4 is 54.6 Å². The van der Waals surface area contributed by atoms with Gasteiger partial charge in [0.1, 0.15) is 0 Å². The highest BCUT2D eigenvalue weighted by Crippen LogP contribution is 2.24. The number of halogens is 1. The Labute approximate surface area is 220 Å². The van der Waals surface area contributed by atoms with Gasteiger partial charge in [0.05, 0.1) is 26.7 Å². The molecule has 0 spiro atoms. The van der Waals surface area contributed by atoms with Crippen LogP contribution in [0.25, 0.3) is 0 Å². The topological polar surface area (TPSA) is 121 Å². The van der Waals surface area contributed by atoms with E-state index >= 15 is 0 Å². The van der Waals surface area contributed by atoms with Crippen LogP contribution in [0.4, 0.5) is 17.1 Å². The first-order valence-corrected chi connectivity index (χ1v) is 14.3. The maximum absolute atomic E-state index is 13.0. The highest BCUT2D eigenvalue weighted by atomic mass is 35.5. The lowest BCUT2D eigenvalue weighted by Gasteiger charge is -2.13. The summed E-state index contributed by atoms with van der Waals surface area (Å²) in [6.07, 6.45) is 0. The summed E-state index contributed by atoms with van der Waals surface area (Å²) < 4.78 is 55.8. The quantitative estimate of drug-likeness (QED) is 0.265. The summed E-state index contributed by atoms with van der Waals surface area (Å²) in [6, 6.07) is 24.4. The van der Waals surface area contributed by atoms with Gasteiger partial charge in [-0.1, -0.05) is 48.0 Å². The molecule has 0 saturated carbocycles. The van der Waals surface area contributed by atoms with Crippen LogP contribution >= 0.6 is 11.6 Å². The summed E-state index contributed by atoms with van der Waals surface area (Å²) in [5, 5.41) is 3.09. The largest absolute Gasteiger partial charge is 0.322 e. The van der Waals surface area contributed by atoms with Gasteiger partial charge in [0.15, 0.2) is 0 Å². The number of anilines is 3. The number of sulfonamides is 2. The van der Waals surface area contributed by atoms with Crippen molar-refractivity contribution in [2.75, 3.05) is 14.8 Å². The van der Waals surface area contributed by atoms with Gasteiger partial charge in [-0.25, -0.2) is 16.8 Å². The van der Waals surface area contributed by atoms with Gasteiger partial charge < -0.3 is 5.32 Å². The van der Waals surface area contributed by atoms with Crippen molar-refractivity contribution in [1.82, 2.24) is 0 Å². The summed E-state index contributed by atoms with van der Waals surface area (Å²) in [5.74, 6) is -0.575. The molecule has 0 bridgehead atoms. The average molecular weight is 556 g/mol. The molecule has 1 amide bonds. The second-order valence-corrected chi connectivity index (χ2v) is 11.8. The first kappa shape index (κ1) is 26.2. The van der Waals surface area contributed by atoms with Crippen molar-refractivity contribution < 1.29 is 21.6 Å². The molecule has 3 N–H and O–H groups in total. The minimum Gasteiger partial charge on any atom is -0.322 e. The van der Waals surface area contributed by atoms with Crippen molar-refractivity contribution in [2.24, 2.45) is 0 Å². The molecule has 0 aliphatic rings. The molecule has 11 heteroatoms. The molecule has 0 aliphatic carbocycles. The van der Waals surface area contributed by atoms with E-state index < -0.39 is 26.0 Å². The number of hydrogen-bond donors (Lipinski definition) is 3. The van der Waals surface area contributed by atoms with Crippen LogP contribution in [0.15, 0.2) is 107 Å². The number of para-hydroxylation sites is 1. The van der Waals surface area contributed by atoms with Crippen LogP contribution < -0.4 is 14.8 Å². The van der Waals surface area contributed by atoms with Crippen LogP contribution in [0.3, 0.4) is 0 Å². The maximum Gasteiger partial charge on any atom is 0.261 e. The minimum absolute atomic E-state index is 0.0155. The predicted molar refractivity (Wildman–Crippen MR) is 145 cm³/mol. The third-order valence-electron chi connectivity index (χ3n) is 5.32. The van der Waals surface area contributed by atoms with Crippen molar-refractivity contribution in [2.45, 2.75) is 16.7 Å². The second-order valence-electron chi connectivity index (χ2n) is 8.01. The average Bonchev–Trinajstić information content (AvgIpc) is 2.87. The predicted octanol–water partition coefficient (Wildman–Crippen LogP) is 5.50. The third-order valence-corrected chi connectivity index (χ3v) is 8.50. The van der Waals surface area contributed by atoms with Gasteiger partial charge in [0.25, 0.3) is 26.0 Å². The van der Waals surface area contributed by atoms with Crippen LogP contribution in [0.2, 0.25) is 5.02 Å². The molecule has 0 atom stereocenters. The molecule has 37 heavy (non-hydrogen) atoms. The number of carbonyl (C=O) groups excluding carboxylic acids is 1. The molecular formula is C26H22ClN3O5S2. The summed E-state index contributed by atoms with van der Waals surface area (Å²) in [7, 11) is -7.80.